The topological polar surface area (TPSA) is 0 Å². The van der Waals surface area contributed by atoms with E-state index in [0.717, 1.165) is 0 Å². The summed E-state index contributed by atoms with van der Waals surface area (Å²) in [4.78, 5) is 0. The van der Waals surface area contributed by atoms with Gasteiger partial charge in [-0.05, 0) is 143 Å². The second-order valence-corrected chi connectivity index (χ2v) is 21.2. The van der Waals surface area contributed by atoms with Crippen molar-refractivity contribution in [3.63, 3.8) is 0 Å². The van der Waals surface area contributed by atoms with E-state index < -0.39 is 0 Å². The molecule has 0 spiro atoms. The van der Waals surface area contributed by atoms with Crippen molar-refractivity contribution in [1.29, 1.82) is 0 Å². The standard InChI is InChI=1S/C42H78/c1-37(2,3)25-19-31-32(20-26-38(4,5)6)34(22-28-40(10,11)12)36(24-30-42(16,17)18)35(23-29-41(13,14)15)33(31)21-27-39(7,8)9/h19-30H2,1-18H3. The van der Waals surface area contributed by atoms with Gasteiger partial charge in [0.15, 0.2) is 0 Å². The summed E-state index contributed by atoms with van der Waals surface area (Å²) in [7, 11) is 0. The minimum Gasteiger partial charge on any atom is -0.0602 e. The molecule has 42 heavy (non-hydrogen) atoms. The predicted molar refractivity (Wildman–Crippen MR) is 193 cm³/mol. The lowest BCUT2D eigenvalue weighted by Gasteiger charge is -2.33. The van der Waals surface area contributed by atoms with Crippen LogP contribution in [0.3, 0.4) is 0 Å². The molecule has 1 aromatic carbocycles. The van der Waals surface area contributed by atoms with E-state index in [4.69, 9.17) is 0 Å². The minimum atomic E-state index is 0.338. The molecule has 0 aliphatic heterocycles. The first-order valence-corrected chi connectivity index (χ1v) is 17.7. The Morgan fingerprint density at radius 3 is 0.381 bits per heavy atom. The van der Waals surface area contributed by atoms with Crippen molar-refractivity contribution in [2.24, 2.45) is 32.5 Å². The first-order chi connectivity index (χ1) is 18.6. The van der Waals surface area contributed by atoms with Gasteiger partial charge in [0.25, 0.3) is 0 Å². The van der Waals surface area contributed by atoms with Gasteiger partial charge in [-0.25, -0.2) is 0 Å². The lowest BCUT2D eigenvalue weighted by atomic mass is 9.72. The van der Waals surface area contributed by atoms with Gasteiger partial charge in [0.2, 0.25) is 0 Å². The molecule has 0 bridgehead atoms. The molecule has 0 atom stereocenters. The minimum absolute atomic E-state index is 0.338. The van der Waals surface area contributed by atoms with Crippen molar-refractivity contribution in [3.8, 4) is 0 Å². The first kappa shape index (κ1) is 39.2. The number of hydrogen-bond donors (Lipinski definition) is 0. The summed E-state index contributed by atoms with van der Waals surface area (Å²) >= 11 is 0. The molecular weight excluding hydrogens is 504 g/mol. The number of rotatable bonds is 12. The normalized spacial score (nSPS) is 14.1. The fraction of sp³-hybridized carbons (Fsp3) is 0.857. The van der Waals surface area contributed by atoms with Crippen LogP contribution in [0.2, 0.25) is 0 Å². The summed E-state index contributed by atoms with van der Waals surface area (Å²) in [6, 6.07) is 0. The molecule has 0 amide bonds. The summed E-state index contributed by atoms with van der Waals surface area (Å²) in [5.41, 5.74) is 12.6. The van der Waals surface area contributed by atoms with Crippen LogP contribution in [0, 0.1) is 32.5 Å². The molecule has 0 saturated heterocycles. The highest BCUT2D eigenvalue weighted by atomic mass is 14.3. The molecule has 0 aromatic heterocycles. The maximum atomic E-state index is 2.44. The number of benzene rings is 1. The van der Waals surface area contributed by atoms with Crippen LogP contribution in [0.4, 0.5) is 0 Å². The van der Waals surface area contributed by atoms with Gasteiger partial charge in [-0.3, -0.25) is 0 Å². The highest BCUT2D eigenvalue weighted by Gasteiger charge is 2.28. The quantitative estimate of drug-likeness (QED) is 0.230. The lowest BCUT2D eigenvalue weighted by molar-refractivity contribution is 0.357. The molecule has 246 valence electrons. The van der Waals surface area contributed by atoms with Gasteiger partial charge in [-0.15, -0.1) is 0 Å². The van der Waals surface area contributed by atoms with E-state index >= 15 is 0 Å². The van der Waals surface area contributed by atoms with Gasteiger partial charge in [-0.1, -0.05) is 125 Å². The van der Waals surface area contributed by atoms with Crippen LogP contribution in [0.1, 0.15) is 197 Å². The molecule has 0 fully saturated rings. The van der Waals surface area contributed by atoms with Crippen LogP contribution >= 0.6 is 0 Å². The molecule has 0 N–H and O–H groups in total. The second-order valence-electron chi connectivity index (χ2n) is 21.2. The van der Waals surface area contributed by atoms with E-state index in [1.54, 1.807) is 33.4 Å². The molecule has 0 unspecified atom stereocenters. The fourth-order valence-electron chi connectivity index (χ4n) is 5.90. The third kappa shape index (κ3) is 16.3. The SMILES string of the molecule is CC(C)(C)CCc1c(CCC(C)(C)C)c(CCC(C)(C)C)c(CCC(C)(C)C)c(CCC(C)(C)C)c1CCC(C)(C)C. The van der Waals surface area contributed by atoms with Crippen molar-refractivity contribution in [1.82, 2.24) is 0 Å². The van der Waals surface area contributed by atoms with Crippen LogP contribution in [-0.2, 0) is 38.5 Å². The Hall–Kier alpha value is -0.780. The van der Waals surface area contributed by atoms with Crippen LogP contribution in [-0.4, -0.2) is 0 Å². The van der Waals surface area contributed by atoms with Gasteiger partial charge >= 0.3 is 0 Å². The van der Waals surface area contributed by atoms with E-state index in [2.05, 4.69) is 125 Å². The van der Waals surface area contributed by atoms with E-state index in [1.807, 2.05) is 0 Å². The average Bonchev–Trinajstić information content (AvgIpc) is 2.72. The van der Waals surface area contributed by atoms with Crippen LogP contribution in [0.25, 0.3) is 0 Å². The van der Waals surface area contributed by atoms with Crippen molar-refractivity contribution >= 4 is 0 Å². The molecule has 0 nitrogen and oxygen atoms in total. The Morgan fingerprint density at radius 2 is 0.310 bits per heavy atom. The van der Waals surface area contributed by atoms with Crippen molar-refractivity contribution < 1.29 is 0 Å². The Kier molecular flexibility index (Phi) is 13.6. The summed E-state index contributed by atoms with van der Waals surface area (Å²) < 4.78 is 0. The zero-order valence-electron chi connectivity index (χ0n) is 32.5. The van der Waals surface area contributed by atoms with E-state index in [0.29, 0.717) is 32.5 Å². The zero-order valence-corrected chi connectivity index (χ0v) is 32.5. The van der Waals surface area contributed by atoms with Gasteiger partial charge in [0, 0.05) is 0 Å². The fourth-order valence-corrected chi connectivity index (χ4v) is 5.90. The summed E-state index contributed by atoms with van der Waals surface area (Å²) in [6.45, 7) is 43.9. The van der Waals surface area contributed by atoms with Crippen LogP contribution < -0.4 is 0 Å². The van der Waals surface area contributed by atoms with Gasteiger partial charge < -0.3 is 0 Å². The smallest absolute Gasteiger partial charge is 0.0268 e. The predicted octanol–water partition coefficient (Wildman–Crippen LogP) is 13.6. The van der Waals surface area contributed by atoms with E-state index in [9.17, 15) is 0 Å². The Labute approximate surface area is 267 Å². The maximum absolute atomic E-state index is 2.44. The monoisotopic (exact) mass is 583 g/mol. The zero-order chi connectivity index (χ0) is 32.9. The van der Waals surface area contributed by atoms with Gasteiger partial charge in [-0.2, -0.15) is 0 Å². The summed E-state index contributed by atoms with van der Waals surface area (Å²) in [5, 5.41) is 0. The number of hydrogen-bond acceptors (Lipinski definition) is 0. The highest BCUT2D eigenvalue weighted by Crippen LogP contribution is 2.41. The third-order valence-electron chi connectivity index (χ3n) is 8.94. The molecule has 0 radical (unpaired) electrons. The van der Waals surface area contributed by atoms with Gasteiger partial charge in [0.05, 0.1) is 0 Å². The lowest BCUT2D eigenvalue weighted by Crippen LogP contribution is -2.21. The Balaban J connectivity index is 4.23. The van der Waals surface area contributed by atoms with E-state index in [-0.39, 0.29) is 0 Å². The molecule has 0 heteroatoms. The van der Waals surface area contributed by atoms with Crippen molar-refractivity contribution in [2.75, 3.05) is 0 Å². The van der Waals surface area contributed by atoms with Crippen molar-refractivity contribution in [2.45, 2.75) is 202 Å². The van der Waals surface area contributed by atoms with Gasteiger partial charge in [0.1, 0.15) is 0 Å². The highest BCUT2D eigenvalue weighted by molar-refractivity contribution is 5.53. The third-order valence-corrected chi connectivity index (χ3v) is 8.94. The second kappa shape index (κ2) is 14.5. The first-order valence-electron chi connectivity index (χ1n) is 17.7. The summed E-state index contributed by atoms with van der Waals surface area (Å²) in [5.74, 6) is 0. The average molecular weight is 583 g/mol. The summed E-state index contributed by atoms with van der Waals surface area (Å²) in [6.07, 6.45) is 14.9. The Bertz CT molecular complexity index is 729. The molecule has 0 aliphatic carbocycles. The van der Waals surface area contributed by atoms with E-state index in [1.165, 1.54) is 77.0 Å². The molecule has 0 saturated carbocycles. The molecule has 0 aliphatic rings. The molecule has 1 aromatic rings. The molecule has 1 rings (SSSR count). The largest absolute Gasteiger partial charge is 0.0602 e. The van der Waals surface area contributed by atoms with Crippen LogP contribution in [0.15, 0.2) is 0 Å². The van der Waals surface area contributed by atoms with Crippen molar-refractivity contribution in [3.05, 3.63) is 33.4 Å². The Morgan fingerprint density at radius 1 is 0.214 bits per heavy atom. The van der Waals surface area contributed by atoms with Crippen LogP contribution in [0.5, 0.6) is 0 Å². The molecule has 0 heterocycles. The molecular formula is C42H78. The maximum Gasteiger partial charge on any atom is -0.0268 e.